The first-order valence-corrected chi connectivity index (χ1v) is 5.11. The fourth-order valence-electron chi connectivity index (χ4n) is 1.80. The van der Waals surface area contributed by atoms with Crippen LogP contribution in [0, 0.1) is 6.92 Å². The maximum atomic E-state index is 11.6. The van der Waals surface area contributed by atoms with E-state index in [1.54, 1.807) is 18.6 Å². The highest BCUT2D eigenvalue weighted by atomic mass is 16.5. The molecule has 0 aliphatic carbocycles. The van der Waals surface area contributed by atoms with Gasteiger partial charge in [0.05, 0.1) is 7.11 Å². The van der Waals surface area contributed by atoms with Gasteiger partial charge in [0.2, 0.25) is 0 Å². The Labute approximate surface area is 98.8 Å². The molecule has 2 aromatic heterocycles. The third kappa shape index (κ3) is 1.87. The second-order valence-corrected chi connectivity index (χ2v) is 3.65. The Bertz CT molecular complexity index is 546. The Hall–Kier alpha value is -2.30. The van der Waals surface area contributed by atoms with Crippen LogP contribution in [-0.4, -0.2) is 22.7 Å². The van der Waals surface area contributed by atoms with E-state index < -0.39 is 5.97 Å². The van der Waals surface area contributed by atoms with Crippen molar-refractivity contribution in [2.75, 3.05) is 13.0 Å². The minimum Gasteiger partial charge on any atom is -0.464 e. The number of nitrogen functional groups attached to an aromatic ring is 1. The Balaban J connectivity index is 2.56. The monoisotopic (exact) mass is 231 g/mol. The van der Waals surface area contributed by atoms with E-state index in [1.165, 1.54) is 11.8 Å². The molecule has 0 saturated heterocycles. The lowest BCUT2D eigenvalue weighted by atomic mass is 10.1. The van der Waals surface area contributed by atoms with Crippen molar-refractivity contribution in [2.24, 2.45) is 0 Å². The number of nitrogens with two attached hydrogens (primary N) is 1. The highest BCUT2D eigenvalue weighted by molar-refractivity contribution is 5.92. The molecule has 0 amide bonds. The van der Waals surface area contributed by atoms with Crippen LogP contribution in [0.1, 0.15) is 16.1 Å². The molecule has 2 aromatic rings. The number of methoxy groups -OCH3 is 1. The van der Waals surface area contributed by atoms with Gasteiger partial charge in [0.15, 0.2) is 5.69 Å². The first-order valence-electron chi connectivity index (χ1n) is 5.11. The zero-order chi connectivity index (χ0) is 12.4. The molecule has 2 rings (SSSR count). The van der Waals surface area contributed by atoms with E-state index in [4.69, 9.17) is 10.6 Å². The molecule has 0 aromatic carbocycles. The fourth-order valence-corrected chi connectivity index (χ4v) is 1.80. The van der Waals surface area contributed by atoms with E-state index in [1.807, 2.05) is 19.1 Å². The number of pyridine rings is 1. The van der Waals surface area contributed by atoms with Gasteiger partial charge in [-0.25, -0.2) is 4.79 Å². The number of nitrogens with zero attached hydrogens (tertiary/aromatic N) is 2. The van der Waals surface area contributed by atoms with Crippen molar-refractivity contribution < 1.29 is 9.53 Å². The van der Waals surface area contributed by atoms with E-state index in [9.17, 15) is 4.79 Å². The molecule has 88 valence electrons. The predicted molar refractivity (Wildman–Crippen MR) is 63.9 cm³/mol. The summed E-state index contributed by atoms with van der Waals surface area (Å²) >= 11 is 0. The number of hydrogen-bond acceptors (Lipinski definition) is 4. The molecule has 5 heteroatoms. The molecule has 0 unspecified atom stereocenters. The molecule has 0 spiro atoms. The van der Waals surface area contributed by atoms with Gasteiger partial charge in [0.25, 0.3) is 0 Å². The first kappa shape index (κ1) is 11.2. The van der Waals surface area contributed by atoms with Gasteiger partial charge < -0.3 is 10.6 Å². The number of carbonyl (C=O) groups excluding carboxylic acids is 1. The Morgan fingerprint density at radius 1 is 1.41 bits per heavy atom. The summed E-state index contributed by atoms with van der Waals surface area (Å²) in [5, 5.41) is 0. The summed E-state index contributed by atoms with van der Waals surface area (Å²) in [6.45, 7) is 1.84. The first-order chi connectivity index (χ1) is 8.15. The Morgan fingerprint density at radius 2 is 2.06 bits per heavy atom. The third-order valence-electron chi connectivity index (χ3n) is 2.66. The molecule has 5 nitrogen and oxygen atoms in total. The van der Waals surface area contributed by atoms with E-state index >= 15 is 0 Å². The number of aromatic nitrogens is 2. The third-order valence-corrected chi connectivity index (χ3v) is 2.66. The van der Waals surface area contributed by atoms with Gasteiger partial charge >= 0.3 is 5.97 Å². The van der Waals surface area contributed by atoms with Gasteiger partial charge in [-0.15, -0.1) is 0 Å². The molecule has 2 heterocycles. The fraction of sp³-hybridized carbons (Fsp3) is 0.167. The van der Waals surface area contributed by atoms with Crippen molar-refractivity contribution in [3.63, 3.8) is 0 Å². The van der Waals surface area contributed by atoms with Crippen LogP contribution in [0.5, 0.6) is 0 Å². The van der Waals surface area contributed by atoms with Gasteiger partial charge in [0.1, 0.15) is 0 Å². The molecule has 2 N–H and O–H groups in total. The number of rotatable bonds is 2. The molecule has 0 atom stereocenters. The summed E-state index contributed by atoms with van der Waals surface area (Å²) in [6, 6.07) is 3.73. The topological polar surface area (TPSA) is 70.1 Å². The maximum Gasteiger partial charge on any atom is 0.356 e. The molecule has 0 aliphatic heterocycles. The summed E-state index contributed by atoms with van der Waals surface area (Å²) in [4.78, 5) is 15.5. The lowest BCUT2D eigenvalue weighted by molar-refractivity contribution is 0.0590. The van der Waals surface area contributed by atoms with Gasteiger partial charge in [0, 0.05) is 24.2 Å². The summed E-state index contributed by atoms with van der Waals surface area (Å²) in [6.07, 6.45) is 5.10. The van der Waals surface area contributed by atoms with Crippen LogP contribution in [0.25, 0.3) is 11.1 Å². The predicted octanol–water partition coefficient (Wildman–Crippen LogP) is 1.36. The quantitative estimate of drug-likeness (QED) is 0.625. The lowest BCUT2D eigenvalue weighted by Crippen LogP contribution is -2.17. The zero-order valence-corrected chi connectivity index (χ0v) is 9.68. The number of carbonyl (C=O) groups is 1. The van der Waals surface area contributed by atoms with Crippen molar-refractivity contribution in [1.29, 1.82) is 0 Å². The largest absolute Gasteiger partial charge is 0.464 e. The number of hydrogen-bond donors (Lipinski definition) is 1. The van der Waals surface area contributed by atoms with Gasteiger partial charge in [-0.3, -0.25) is 9.66 Å². The van der Waals surface area contributed by atoms with Crippen LogP contribution >= 0.6 is 0 Å². The highest BCUT2D eigenvalue weighted by Crippen LogP contribution is 2.26. The van der Waals surface area contributed by atoms with Gasteiger partial charge in [-0.05, 0) is 30.2 Å². The molecular formula is C12H13N3O2. The minimum atomic E-state index is -0.440. The highest BCUT2D eigenvalue weighted by Gasteiger charge is 2.19. The normalized spacial score (nSPS) is 10.2. The average molecular weight is 231 g/mol. The summed E-state index contributed by atoms with van der Waals surface area (Å²) in [5.74, 6) is 5.32. The zero-order valence-electron chi connectivity index (χ0n) is 9.68. The molecule has 17 heavy (non-hydrogen) atoms. The smallest absolute Gasteiger partial charge is 0.356 e. The van der Waals surface area contributed by atoms with Crippen LogP contribution in [0.3, 0.4) is 0 Å². The van der Waals surface area contributed by atoms with Gasteiger partial charge in [-0.2, -0.15) is 0 Å². The molecule has 0 aliphatic rings. The SMILES string of the molecule is COC(=O)c1c(C)c(-c2ccncc2)cn1N. The van der Waals surface area contributed by atoms with Crippen LogP contribution in [-0.2, 0) is 4.74 Å². The lowest BCUT2D eigenvalue weighted by Gasteiger charge is -2.02. The van der Waals surface area contributed by atoms with Crippen molar-refractivity contribution >= 4 is 5.97 Å². The van der Waals surface area contributed by atoms with Crippen LogP contribution in [0.4, 0.5) is 0 Å². The molecule has 0 bridgehead atoms. The average Bonchev–Trinajstić information content (AvgIpc) is 2.65. The summed E-state index contributed by atoms with van der Waals surface area (Å²) in [7, 11) is 1.33. The number of esters is 1. The van der Waals surface area contributed by atoms with E-state index in [0.717, 1.165) is 16.7 Å². The summed E-state index contributed by atoms with van der Waals surface area (Å²) < 4.78 is 5.98. The van der Waals surface area contributed by atoms with E-state index in [2.05, 4.69) is 4.98 Å². The van der Waals surface area contributed by atoms with Crippen molar-refractivity contribution in [1.82, 2.24) is 9.66 Å². The second kappa shape index (κ2) is 4.29. The van der Waals surface area contributed by atoms with Crippen LogP contribution in [0.15, 0.2) is 30.7 Å². The van der Waals surface area contributed by atoms with E-state index in [0.29, 0.717) is 5.69 Å². The Morgan fingerprint density at radius 3 is 2.65 bits per heavy atom. The molecule has 0 fully saturated rings. The van der Waals surface area contributed by atoms with Gasteiger partial charge in [-0.1, -0.05) is 0 Å². The van der Waals surface area contributed by atoms with Crippen LogP contribution < -0.4 is 5.84 Å². The number of ether oxygens (including phenoxy) is 1. The summed E-state index contributed by atoms with van der Waals surface area (Å²) in [5.41, 5.74) is 3.02. The van der Waals surface area contributed by atoms with Crippen LogP contribution in [0.2, 0.25) is 0 Å². The molecular weight excluding hydrogens is 218 g/mol. The standard InChI is InChI=1S/C12H13N3O2/c1-8-10(9-3-5-14-6-4-9)7-15(13)11(8)12(16)17-2/h3-7H,13H2,1-2H3. The van der Waals surface area contributed by atoms with E-state index in [-0.39, 0.29) is 0 Å². The second-order valence-electron chi connectivity index (χ2n) is 3.65. The minimum absolute atomic E-state index is 0.360. The van der Waals surface area contributed by atoms with Crippen molar-refractivity contribution in [2.45, 2.75) is 6.92 Å². The van der Waals surface area contributed by atoms with Crippen molar-refractivity contribution in [3.8, 4) is 11.1 Å². The Kier molecular flexibility index (Phi) is 2.82. The maximum absolute atomic E-state index is 11.6. The molecule has 0 radical (unpaired) electrons. The molecule has 0 saturated carbocycles. The van der Waals surface area contributed by atoms with Crippen molar-refractivity contribution in [3.05, 3.63) is 42.0 Å².